The van der Waals surface area contributed by atoms with Crippen molar-refractivity contribution in [3.63, 3.8) is 0 Å². The molecule has 1 rings (SSSR count). The highest BCUT2D eigenvalue weighted by Crippen LogP contribution is 2.25. The number of carbonyl (C=O) groups excluding carboxylic acids is 1. The lowest BCUT2D eigenvalue weighted by Crippen LogP contribution is -2.43. The van der Waals surface area contributed by atoms with Gasteiger partial charge < -0.3 is 10.2 Å². The molecule has 0 aliphatic carbocycles. The van der Waals surface area contributed by atoms with Gasteiger partial charge in [0.15, 0.2) is 0 Å². The van der Waals surface area contributed by atoms with Gasteiger partial charge in [-0.15, -0.1) is 0 Å². The first-order valence-electron chi connectivity index (χ1n) is 6.74. The molecule has 19 heavy (non-hydrogen) atoms. The molecule has 0 saturated heterocycles. The number of rotatable bonds is 4. The molecular weight excluding hydrogens is 238 g/mol. The predicted octanol–water partition coefficient (Wildman–Crippen LogP) is 3.02. The molecule has 106 valence electrons. The molecule has 0 saturated carbocycles. The van der Waals surface area contributed by atoms with E-state index in [1.54, 1.807) is 17.3 Å². The van der Waals surface area contributed by atoms with Crippen LogP contribution in [0.5, 0.6) is 0 Å². The molecule has 1 heterocycles. The Bertz CT molecular complexity index is 437. The van der Waals surface area contributed by atoms with E-state index in [9.17, 15) is 4.79 Å². The van der Waals surface area contributed by atoms with Crippen LogP contribution in [0.2, 0.25) is 0 Å². The molecule has 0 radical (unpaired) electrons. The van der Waals surface area contributed by atoms with Gasteiger partial charge in [0.25, 0.3) is 5.91 Å². The summed E-state index contributed by atoms with van der Waals surface area (Å²) in [6, 6.07) is 1.99. The molecule has 0 aliphatic heterocycles. The van der Waals surface area contributed by atoms with Gasteiger partial charge in [-0.05, 0) is 25.3 Å². The highest BCUT2D eigenvalue weighted by Gasteiger charge is 2.28. The normalized spacial score (nSPS) is 12.9. The van der Waals surface area contributed by atoms with Gasteiger partial charge in [-0.25, -0.2) is 0 Å². The zero-order chi connectivity index (χ0) is 14.6. The smallest absolute Gasteiger partial charge is 0.257 e. The number of carbonyl (C=O) groups is 1. The van der Waals surface area contributed by atoms with E-state index in [1.165, 1.54) is 0 Å². The van der Waals surface area contributed by atoms with E-state index < -0.39 is 0 Å². The highest BCUT2D eigenvalue weighted by atomic mass is 16.2. The van der Waals surface area contributed by atoms with Crippen LogP contribution < -0.4 is 5.32 Å². The van der Waals surface area contributed by atoms with Crippen LogP contribution in [-0.2, 0) is 0 Å². The van der Waals surface area contributed by atoms with Gasteiger partial charge >= 0.3 is 0 Å². The minimum Gasteiger partial charge on any atom is -0.385 e. The van der Waals surface area contributed by atoms with Crippen molar-refractivity contribution in [2.75, 3.05) is 18.9 Å². The van der Waals surface area contributed by atoms with Crippen molar-refractivity contribution >= 4 is 11.6 Å². The van der Waals surface area contributed by atoms with Crippen molar-refractivity contribution in [3.8, 4) is 0 Å². The number of anilines is 1. The summed E-state index contributed by atoms with van der Waals surface area (Å²) in [5.41, 5.74) is 1.52. The summed E-state index contributed by atoms with van der Waals surface area (Å²) in [7, 11) is 1.85. The van der Waals surface area contributed by atoms with Crippen LogP contribution in [0.1, 0.15) is 45.0 Å². The molecule has 0 aliphatic rings. The summed E-state index contributed by atoms with van der Waals surface area (Å²) < 4.78 is 0. The Morgan fingerprint density at radius 2 is 2.11 bits per heavy atom. The predicted molar refractivity (Wildman–Crippen MR) is 79.4 cm³/mol. The van der Waals surface area contributed by atoms with Crippen LogP contribution in [0, 0.1) is 5.41 Å². The second-order valence-corrected chi connectivity index (χ2v) is 5.91. The Morgan fingerprint density at radius 3 is 2.63 bits per heavy atom. The van der Waals surface area contributed by atoms with Crippen LogP contribution in [0.15, 0.2) is 18.5 Å². The molecular formula is C15H25N3O. The van der Waals surface area contributed by atoms with E-state index in [1.807, 2.05) is 20.0 Å². The Hall–Kier alpha value is -1.58. The molecule has 1 amide bonds. The molecule has 1 N–H and O–H groups in total. The number of amides is 1. The Labute approximate surface area is 116 Å². The second-order valence-electron chi connectivity index (χ2n) is 5.91. The standard InChI is InChI=1S/C15H25N3O/c1-7-17-13-8-9-16-10-12(13)14(19)18(6)11(2)15(3,4)5/h8-11H,7H2,1-6H3,(H,16,17). The summed E-state index contributed by atoms with van der Waals surface area (Å²) >= 11 is 0. The lowest BCUT2D eigenvalue weighted by Gasteiger charge is -2.35. The molecule has 0 spiro atoms. The summed E-state index contributed by atoms with van der Waals surface area (Å²) in [5.74, 6) is 0.00600. The fourth-order valence-electron chi connectivity index (χ4n) is 1.86. The van der Waals surface area contributed by atoms with Gasteiger partial charge in [-0.3, -0.25) is 9.78 Å². The number of nitrogens with zero attached hydrogens (tertiary/aromatic N) is 2. The summed E-state index contributed by atoms with van der Waals surface area (Å²) in [6.07, 6.45) is 3.33. The van der Waals surface area contributed by atoms with Crippen molar-refractivity contribution in [1.82, 2.24) is 9.88 Å². The number of aromatic nitrogens is 1. The molecule has 1 atom stereocenters. The maximum absolute atomic E-state index is 12.6. The number of hydrogen-bond donors (Lipinski definition) is 1. The van der Waals surface area contributed by atoms with Crippen LogP contribution in [0.4, 0.5) is 5.69 Å². The van der Waals surface area contributed by atoms with E-state index in [4.69, 9.17) is 0 Å². The first-order valence-corrected chi connectivity index (χ1v) is 6.74. The minimum atomic E-state index is 0.00600. The zero-order valence-corrected chi connectivity index (χ0v) is 12.8. The van der Waals surface area contributed by atoms with Gasteiger partial charge in [0.1, 0.15) is 0 Å². The first-order chi connectivity index (χ1) is 8.79. The Morgan fingerprint density at radius 1 is 1.47 bits per heavy atom. The molecule has 0 aromatic carbocycles. The zero-order valence-electron chi connectivity index (χ0n) is 12.8. The number of pyridine rings is 1. The van der Waals surface area contributed by atoms with Gasteiger partial charge in [0.05, 0.1) is 11.3 Å². The first kappa shape index (κ1) is 15.5. The fourth-order valence-corrected chi connectivity index (χ4v) is 1.86. The van der Waals surface area contributed by atoms with Crippen LogP contribution in [-0.4, -0.2) is 35.4 Å². The third kappa shape index (κ3) is 3.69. The van der Waals surface area contributed by atoms with E-state index in [-0.39, 0.29) is 17.4 Å². The molecule has 0 fully saturated rings. The number of nitrogens with one attached hydrogen (secondary N) is 1. The fraction of sp³-hybridized carbons (Fsp3) is 0.600. The molecule has 0 bridgehead atoms. The summed E-state index contributed by atoms with van der Waals surface area (Å²) in [6.45, 7) is 11.3. The maximum Gasteiger partial charge on any atom is 0.257 e. The van der Waals surface area contributed by atoms with Crippen molar-refractivity contribution < 1.29 is 4.79 Å². The summed E-state index contributed by atoms with van der Waals surface area (Å²) in [4.78, 5) is 18.4. The van der Waals surface area contributed by atoms with Gasteiger partial charge in [0.2, 0.25) is 0 Å². The van der Waals surface area contributed by atoms with E-state index >= 15 is 0 Å². The molecule has 4 nitrogen and oxygen atoms in total. The molecule has 4 heteroatoms. The molecule has 1 unspecified atom stereocenters. The third-order valence-electron chi connectivity index (χ3n) is 3.57. The van der Waals surface area contributed by atoms with Crippen molar-refractivity contribution in [2.24, 2.45) is 5.41 Å². The Kier molecular flexibility index (Phi) is 4.92. The molecule has 1 aromatic heterocycles. The SMILES string of the molecule is CCNc1ccncc1C(=O)N(C)C(C)C(C)(C)C. The lowest BCUT2D eigenvalue weighted by molar-refractivity contribution is 0.0630. The quantitative estimate of drug-likeness (QED) is 0.908. The highest BCUT2D eigenvalue weighted by molar-refractivity contribution is 5.99. The summed E-state index contributed by atoms with van der Waals surface area (Å²) in [5, 5.41) is 3.20. The largest absolute Gasteiger partial charge is 0.385 e. The second kappa shape index (κ2) is 6.04. The van der Waals surface area contributed by atoms with Crippen molar-refractivity contribution in [1.29, 1.82) is 0 Å². The van der Waals surface area contributed by atoms with E-state index in [0.717, 1.165) is 12.2 Å². The van der Waals surface area contributed by atoms with Gasteiger partial charge in [0, 0.05) is 32.0 Å². The number of hydrogen-bond acceptors (Lipinski definition) is 3. The topological polar surface area (TPSA) is 45.2 Å². The average Bonchev–Trinajstić information content (AvgIpc) is 2.36. The van der Waals surface area contributed by atoms with Gasteiger partial charge in [-0.1, -0.05) is 20.8 Å². The maximum atomic E-state index is 12.6. The Balaban J connectivity index is 3.00. The van der Waals surface area contributed by atoms with Crippen LogP contribution in [0.25, 0.3) is 0 Å². The monoisotopic (exact) mass is 263 g/mol. The lowest BCUT2D eigenvalue weighted by atomic mass is 9.87. The van der Waals surface area contributed by atoms with Crippen molar-refractivity contribution in [3.05, 3.63) is 24.0 Å². The third-order valence-corrected chi connectivity index (χ3v) is 3.57. The van der Waals surface area contributed by atoms with Gasteiger partial charge in [-0.2, -0.15) is 0 Å². The molecule has 1 aromatic rings. The van der Waals surface area contributed by atoms with Crippen LogP contribution in [0.3, 0.4) is 0 Å². The van der Waals surface area contributed by atoms with Crippen molar-refractivity contribution in [2.45, 2.75) is 40.7 Å². The average molecular weight is 263 g/mol. The minimum absolute atomic E-state index is 0.00600. The van der Waals surface area contributed by atoms with E-state index in [2.05, 4.69) is 38.0 Å². The van der Waals surface area contributed by atoms with Crippen LogP contribution >= 0.6 is 0 Å². The van der Waals surface area contributed by atoms with E-state index in [0.29, 0.717) is 5.56 Å².